The van der Waals surface area contributed by atoms with Crippen molar-refractivity contribution in [3.05, 3.63) is 35.9 Å². The predicted molar refractivity (Wildman–Crippen MR) is 73.2 cm³/mol. The largest absolute Gasteiger partial charge is 0.339 e. The third-order valence-corrected chi connectivity index (χ3v) is 4.16. The minimum absolute atomic E-state index is 0.181. The molecule has 1 fully saturated rings. The van der Waals surface area contributed by atoms with Gasteiger partial charge in [-0.2, -0.15) is 0 Å². The lowest BCUT2D eigenvalue weighted by Crippen LogP contribution is -2.40. The Labute approximate surface area is 109 Å². The van der Waals surface area contributed by atoms with Crippen molar-refractivity contribution >= 4 is 5.91 Å². The van der Waals surface area contributed by atoms with Gasteiger partial charge in [0, 0.05) is 19.1 Å². The summed E-state index contributed by atoms with van der Waals surface area (Å²) in [5, 5.41) is 0. The zero-order chi connectivity index (χ0) is 13.1. The number of amides is 1. The minimum Gasteiger partial charge on any atom is -0.339 e. The van der Waals surface area contributed by atoms with Crippen molar-refractivity contribution in [3.63, 3.8) is 0 Å². The zero-order valence-corrected chi connectivity index (χ0v) is 11.2. The Bertz CT molecular complexity index is 404. The average molecular weight is 246 g/mol. The fraction of sp³-hybridized carbons (Fsp3) is 0.533. The molecule has 0 spiro atoms. The van der Waals surface area contributed by atoms with Gasteiger partial charge in [-0.05, 0) is 24.8 Å². The first-order valence-corrected chi connectivity index (χ1v) is 6.70. The van der Waals surface area contributed by atoms with Crippen LogP contribution in [-0.2, 0) is 4.79 Å². The van der Waals surface area contributed by atoms with E-state index in [0.29, 0.717) is 18.5 Å². The van der Waals surface area contributed by atoms with Crippen LogP contribution in [0.2, 0.25) is 0 Å². The van der Waals surface area contributed by atoms with Crippen LogP contribution in [0.15, 0.2) is 30.3 Å². The van der Waals surface area contributed by atoms with Gasteiger partial charge in [0.2, 0.25) is 5.91 Å². The first-order chi connectivity index (χ1) is 8.65. The van der Waals surface area contributed by atoms with Crippen LogP contribution in [0, 0.1) is 5.92 Å². The van der Waals surface area contributed by atoms with Crippen LogP contribution < -0.4 is 5.73 Å². The molecule has 18 heavy (non-hydrogen) atoms. The van der Waals surface area contributed by atoms with Crippen molar-refractivity contribution in [3.8, 4) is 0 Å². The Hall–Kier alpha value is -1.35. The molecule has 3 heteroatoms. The fourth-order valence-electron chi connectivity index (χ4n) is 2.67. The van der Waals surface area contributed by atoms with Crippen LogP contribution in [0.1, 0.15) is 31.7 Å². The van der Waals surface area contributed by atoms with Crippen LogP contribution in [0.4, 0.5) is 0 Å². The molecule has 0 radical (unpaired) electrons. The molecule has 1 saturated heterocycles. The summed E-state index contributed by atoms with van der Waals surface area (Å²) in [5.41, 5.74) is 6.83. The van der Waals surface area contributed by atoms with Gasteiger partial charge in [0.25, 0.3) is 0 Å². The van der Waals surface area contributed by atoms with Gasteiger partial charge in [-0.15, -0.1) is 0 Å². The van der Waals surface area contributed by atoms with E-state index < -0.39 is 0 Å². The maximum Gasteiger partial charge on any atom is 0.231 e. The smallest absolute Gasteiger partial charge is 0.231 e. The van der Waals surface area contributed by atoms with Gasteiger partial charge < -0.3 is 10.6 Å². The Kier molecular flexibility index (Phi) is 4.02. The highest BCUT2D eigenvalue weighted by Crippen LogP contribution is 2.27. The number of hydrogen-bond acceptors (Lipinski definition) is 2. The lowest BCUT2D eigenvalue weighted by Gasteiger charge is -2.27. The molecule has 0 aromatic heterocycles. The lowest BCUT2D eigenvalue weighted by atomic mass is 9.97. The molecule has 98 valence electrons. The molecule has 1 aliphatic rings. The van der Waals surface area contributed by atoms with Crippen molar-refractivity contribution in [1.82, 2.24) is 4.90 Å². The van der Waals surface area contributed by atoms with Crippen LogP contribution in [0.3, 0.4) is 0 Å². The monoisotopic (exact) mass is 246 g/mol. The Balaban J connectivity index is 2.16. The number of nitrogens with zero attached hydrogens (tertiary/aromatic N) is 1. The van der Waals surface area contributed by atoms with Crippen molar-refractivity contribution in [1.29, 1.82) is 0 Å². The zero-order valence-electron chi connectivity index (χ0n) is 11.2. The summed E-state index contributed by atoms with van der Waals surface area (Å²) in [4.78, 5) is 14.6. The molecule has 1 aromatic rings. The van der Waals surface area contributed by atoms with Crippen molar-refractivity contribution in [2.45, 2.75) is 32.2 Å². The van der Waals surface area contributed by atoms with E-state index in [-0.39, 0.29) is 11.8 Å². The van der Waals surface area contributed by atoms with E-state index in [1.54, 1.807) is 0 Å². The number of rotatable bonds is 3. The predicted octanol–water partition coefficient (Wildman–Crippen LogP) is 1.99. The van der Waals surface area contributed by atoms with Crippen molar-refractivity contribution in [2.75, 3.05) is 13.1 Å². The minimum atomic E-state index is -0.195. The first-order valence-electron chi connectivity index (χ1n) is 6.70. The van der Waals surface area contributed by atoms with Crippen molar-refractivity contribution < 1.29 is 4.79 Å². The van der Waals surface area contributed by atoms with E-state index in [2.05, 4.69) is 13.8 Å². The summed E-state index contributed by atoms with van der Waals surface area (Å²) in [7, 11) is 0. The Morgan fingerprint density at radius 2 is 2.06 bits per heavy atom. The first kappa shape index (κ1) is 13.1. The van der Waals surface area contributed by atoms with E-state index in [1.807, 2.05) is 35.2 Å². The number of likely N-dealkylation sites (tertiary alicyclic amines) is 1. The highest BCUT2D eigenvalue weighted by Gasteiger charge is 2.34. The summed E-state index contributed by atoms with van der Waals surface area (Å²) < 4.78 is 0. The second kappa shape index (κ2) is 5.53. The standard InChI is InChI=1S/C15H22N2O/c1-11-8-9-17(12(11)2)15(18)14(10-16)13-6-4-3-5-7-13/h3-7,11-12,14H,8-10,16H2,1-2H3. The molecular formula is C15H22N2O. The second-order valence-electron chi connectivity index (χ2n) is 5.24. The van der Waals surface area contributed by atoms with E-state index in [9.17, 15) is 4.79 Å². The van der Waals surface area contributed by atoms with E-state index in [4.69, 9.17) is 5.73 Å². The molecule has 0 bridgehead atoms. The Morgan fingerprint density at radius 1 is 1.39 bits per heavy atom. The maximum atomic E-state index is 12.6. The van der Waals surface area contributed by atoms with Gasteiger partial charge in [-0.3, -0.25) is 4.79 Å². The number of carbonyl (C=O) groups is 1. The average Bonchev–Trinajstić information content (AvgIpc) is 2.72. The molecule has 2 N–H and O–H groups in total. The van der Waals surface area contributed by atoms with Gasteiger partial charge in [-0.25, -0.2) is 0 Å². The van der Waals surface area contributed by atoms with Crippen LogP contribution >= 0.6 is 0 Å². The van der Waals surface area contributed by atoms with Gasteiger partial charge >= 0.3 is 0 Å². The highest BCUT2D eigenvalue weighted by atomic mass is 16.2. The van der Waals surface area contributed by atoms with Crippen molar-refractivity contribution in [2.24, 2.45) is 11.7 Å². The molecule has 1 heterocycles. The Morgan fingerprint density at radius 3 is 2.56 bits per heavy atom. The maximum absolute atomic E-state index is 12.6. The van der Waals surface area contributed by atoms with E-state index >= 15 is 0 Å². The van der Waals surface area contributed by atoms with Crippen LogP contribution in [0.25, 0.3) is 0 Å². The molecule has 1 amide bonds. The summed E-state index contributed by atoms with van der Waals surface area (Å²) in [6, 6.07) is 10.2. The fourth-order valence-corrected chi connectivity index (χ4v) is 2.67. The summed E-state index contributed by atoms with van der Waals surface area (Å²) in [5.74, 6) is 0.572. The molecule has 2 rings (SSSR count). The van der Waals surface area contributed by atoms with Gasteiger partial charge in [-0.1, -0.05) is 37.3 Å². The van der Waals surface area contributed by atoms with E-state index in [0.717, 1.165) is 18.5 Å². The highest BCUT2D eigenvalue weighted by molar-refractivity contribution is 5.84. The van der Waals surface area contributed by atoms with Gasteiger partial charge in [0.05, 0.1) is 5.92 Å². The SMILES string of the molecule is CC1CCN(C(=O)C(CN)c2ccccc2)C1C. The molecule has 1 aromatic carbocycles. The topological polar surface area (TPSA) is 46.3 Å². The third-order valence-electron chi connectivity index (χ3n) is 4.16. The van der Waals surface area contributed by atoms with Crippen LogP contribution in [-0.4, -0.2) is 29.9 Å². The second-order valence-corrected chi connectivity index (χ2v) is 5.24. The normalized spacial score (nSPS) is 25.2. The van der Waals surface area contributed by atoms with Crippen LogP contribution in [0.5, 0.6) is 0 Å². The number of benzene rings is 1. The molecule has 3 unspecified atom stereocenters. The molecule has 3 atom stereocenters. The number of hydrogen-bond donors (Lipinski definition) is 1. The lowest BCUT2D eigenvalue weighted by molar-refractivity contribution is -0.133. The quantitative estimate of drug-likeness (QED) is 0.886. The van der Waals surface area contributed by atoms with E-state index in [1.165, 1.54) is 0 Å². The number of carbonyl (C=O) groups excluding carboxylic acids is 1. The summed E-state index contributed by atoms with van der Waals surface area (Å²) >= 11 is 0. The number of nitrogens with two attached hydrogens (primary N) is 1. The third kappa shape index (κ3) is 2.41. The molecule has 1 aliphatic heterocycles. The summed E-state index contributed by atoms with van der Waals surface area (Å²) in [6.07, 6.45) is 1.10. The summed E-state index contributed by atoms with van der Waals surface area (Å²) in [6.45, 7) is 5.58. The van der Waals surface area contributed by atoms with Gasteiger partial charge in [0.15, 0.2) is 0 Å². The molecule has 0 aliphatic carbocycles. The van der Waals surface area contributed by atoms with Gasteiger partial charge in [0.1, 0.15) is 0 Å². The molecule has 0 saturated carbocycles. The molecule has 3 nitrogen and oxygen atoms in total. The molecular weight excluding hydrogens is 224 g/mol.